The number of piperidine rings is 1. The molecule has 1 amide bonds. The Bertz CT molecular complexity index is 450. The second-order valence-corrected chi connectivity index (χ2v) is 4.23. The lowest BCUT2D eigenvalue weighted by atomic mass is 10.0. The molecule has 0 aromatic carbocycles. The molecule has 2 heterocycles. The molecule has 5 heteroatoms. The number of carbonyl (C=O) groups is 2. The average molecular weight is 249 g/mol. The summed E-state index contributed by atoms with van der Waals surface area (Å²) in [6.07, 6.45) is 6.66. The summed E-state index contributed by atoms with van der Waals surface area (Å²) in [6.45, 7) is 0.498. The fourth-order valence-electron chi connectivity index (χ4n) is 2.09. The van der Waals surface area contributed by atoms with Gasteiger partial charge in [0.25, 0.3) is 0 Å². The zero-order valence-electron chi connectivity index (χ0n) is 9.91. The molecule has 0 unspecified atom stereocenters. The highest BCUT2D eigenvalue weighted by Gasteiger charge is 2.30. The maximum absolute atomic E-state index is 11.9. The summed E-state index contributed by atoms with van der Waals surface area (Å²) in [7, 11) is 0. The van der Waals surface area contributed by atoms with Crippen LogP contribution in [0.5, 0.6) is 0 Å². The highest BCUT2D eigenvalue weighted by atomic mass is 16.4. The molecule has 1 aromatic heterocycles. The zero-order valence-corrected chi connectivity index (χ0v) is 9.91. The molecule has 5 nitrogen and oxygen atoms in total. The van der Waals surface area contributed by atoms with Crippen molar-refractivity contribution in [2.75, 3.05) is 6.54 Å². The fraction of sp³-hybridized carbons (Fsp3) is 0.385. The smallest absolute Gasteiger partial charge is 0.326 e. The Labute approximate surface area is 105 Å². The summed E-state index contributed by atoms with van der Waals surface area (Å²) in [4.78, 5) is 24.4. The van der Waals surface area contributed by atoms with Gasteiger partial charge in [-0.3, -0.25) is 4.79 Å². The topological polar surface area (TPSA) is 70.8 Å². The van der Waals surface area contributed by atoms with Crippen LogP contribution >= 0.6 is 0 Å². The Balaban J connectivity index is 2.04. The maximum atomic E-state index is 11.9. The third kappa shape index (κ3) is 2.80. The molecule has 0 saturated carbocycles. The molecule has 1 fully saturated rings. The fourth-order valence-corrected chi connectivity index (χ4v) is 2.09. The van der Waals surface area contributed by atoms with Crippen LogP contribution < -0.4 is 0 Å². The predicted molar refractivity (Wildman–Crippen MR) is 64.7 cm³/mol. The second-order valence-electron chi connectivity index (χ2n) is 4.23. The third-order valence-corrected chi connectivity index (χ3v) is 3.00. The Kier molecular flexibility index (Phi) is 3.82. The van der Waals surface area contributed by atoms with Crippen molar-refractivity contribution in [2.24, 2.45) is 0 Å². The van der Waals surface area contributed by atoms with Gasteiger partial charge in [-0.15, -0.1) is 0 Å². The molecule has 0 aliphatic carbocycles. The summed E-state index contributed by atoms with van der Waals surface area (Å²) in [5, 5.41) is 9.07. The summed E-state index contributed by atoms with van der Waals surface area (Å²) in [5.41, 5.74) is 0. The first-order valence-electron chi connectivity index (χ1n) is 5.93. The number of rotatable bonds is 3. The molecule has 2 rings (SSSR count). The van der Waals surface area contributed by atoms with E-state index in [1.807, 2.05) is 0 Å². The normalized spacial score (nSPS) is 20.2. The summed E-state index contributed by atoms with van der Waals surface area (Å²) in [5.74, 6) is -0.639. The first-order valence-corrected chi connectivity index (χ1v) is 5.93. The van der Waals surface area contributed by atoms with Gasteiger partial charge >= 0.3 is 5.97 Å². The Morgan fingerprint density at radius 1 is 1.44 bits per heavy atom. The maximum Gasteiger partial charge on any atom is 0.326 e. The number of carbonyl (C=O) groups excluding carboxylic acids is 1. The number of hydrogen-bond donors (Lipinski definition) is 1. The van der Waals surface area contributed by atoms with Gasteiger partial charge in [0.2, 0.25) is 5.91 Å². The van der Waals surface area contributed by atoms with Crippen molar-refractivity contribution in [3.05, 3.63) is 30.2 Å². The number of carboxylic acid groups (broad SMARTS) is 1. The van der Waals surface area contributed by atoms with E-state index in [9.17, 15) is 9.59 Å². The van der Waals surface area contributed by atoms with Crippen LogP contribution in [0.4, 0.5) is 0 Å². The standard InChI is InChI=1S/C13H15NO4/c15-12(7-6-10-4-3-9-18-10)14-8-2-1-5-11(14)13(16)17/h3-4,6-7,9,11H,1-2,5,8H2,(H,16,17)/b7-6-/t11-/m1/s1. The third-order valence-electron chi connectivity index (χ3n) is 3.00. The Hall–Kier alpha value is -2.04. The van der Waals surface area contributed by atoms with Gasteiger partial charge in [-0.25, -0.2) is 4.79 Å². The highest BCUT2D eigenvalue weighted by Crippen LogP contribution is 2.18. The number of nitrogens with zero attached hydrogens (tertiary/aromatic N) is 1. The molecule has 18 heavy (non-hydrogen) atoms. The van der Waals surface area contributed by atoms with Crippen LogP contribution in [0.2, 0.25) is 0 Å². The van der Waals surface area contributed by atoms with Crippen LogP contribution in [0.15, 0.2) is 28.9 Å². The predicted octanol–water partition coefficient (Wildman–Crippen LogP) is 1.76. The van der Waals surface area contributed by atoms with E-state index in [2.05, 4.69) is 0 Å². The first-order chi connectivity index (χ1) is 8.68. The minimum atomic E-state index is -0.936. The van der Waals surface area contributed by atoms with Crippen molar-refractivity contribution in [3.8, 4) is 0 Å². The number of furan rings is 1. The number of amides is 1. The molecular formula is C13H15NO4. The van der Waals surface area contributed by atoms with E-state index < -0.39 is 12.0 Å². The van der Waals surface area contributed by atoms with E-state index in [-0.39, 0.29) is 5.91 Å². The summed E-state index contributed by atoms with van der Waals surface area (Å²) < 4.78 is 5.07. The van der Waals surface area contributed by atoms with Gasteiger partial charge in [0.15, 0.2) is 0 Å². The van der Waals surface area contributed by atoms with E-state index in [0.29, 0.717) is 18.7 Å². The van der Waals surface area contributed by atoms with Crippen LogP contribution in [-0.4, -0.2) is 34.5 Å². The molecule has 1 saturated heterocycles. The van der Waals surface area contributed by atoms with Crippen molar-refractivity contribution in [2.45, 2.75) is 25.3 Å². The number of hydrogen-bond acceptors (Lipinski definition) is 3. The van der Waals surface area contributed by atoms with E-state index in [1.54, 1.807) is 18.2 Å². The number of aliphatic carboxylic acids is 1. The van der Waals surface area contributed by atoms with Crippen LogP contribution in [0.25, 0.3) is 6.08 Å². The SMILES string of the molecule is O=C(O)[C@H]1CCCCN1C(=O)/C=C\c1ccco1. The van der Waals surface area contributed by atoms with Gasteiger partial charge in [0.05, 0.1) is 6.26 Å². The summed E-state index contributed by atoms with van der Waals surface area (Å²) in [6, 6.07) is 2.76. The lowest BCUT2D eigenvalue weighted by Crippen LogP contribution is -2.47. The minimum absolute atomic E-state index is 0.279. The lowest BCUT2D eigenvalue weighted by molar-refractivity contribution is -0.150. The lowest BCUT2D eigenvalue weighted by Gasteiger charge is -2.32. The van der Waals surface area contributed by atoms with Gasteiger partial charge < -0.3 is 14.4 Å². The van der Waals surface area contributed by atoms with Gasteiger partial charge in [0.1, 0.15) is 11.8 Å². The molecule has 1 atom stereocenters. The number of likely N-dealkylation sites (tertiary alicyclic amines) is 1. The largest absolute Gasteiger partial charge is 0.480 e. The molecular weight excluding hydrogens is 234 g/mol. The van der Waals surface area contributed by atoms with E-state index in [1.165, 1.54) is 17.2 Å². The van der Waals surface area contributed by atoms with Crippen LogP contribution in [0.3, 0.4) is 0 Å². The molecule has 1 aliphatic heterocycles. The molecule has 0 spiro atoms. The highest BCUT2D eigenvalue weighted by molar-refractivity contribution is 5.94. The first kappa shape index (κ1) is 12.4. The van der Waals surface area contributed by atoms with Crippen LogP contribution in [-0.2, 0) is 9.59 Å². The second kappa shape index (κ2) is 5.53. The molecule has 1 aliphatic rings. The van der Waals surface area contributed by atoms with Crippen molar-refractivity contribution in [1.29, 1.82) is 0 Å². The van der Waals surface area contributed by atoms with Crippen molar-refractivity contribution >= 4 is 18.0 Å². The number of carboxylic acids is 1. The molecule has 96 valence electrons. The van der Waals surface area contributed by atoms with Crippen LogP contribution in [0, 0.1) is 0 Å². The van der Waals surface area contributed by atoms with Gasteiger partial charge in [-0.05, 0) is 37.5 Å². The van der Waals surface area contributed by atoms with E-state index in [4.69, 9.17) is 9.52 Å². The van der Waals surface area contributed by atoms with E-state index in [0.717, 1.165) is 12.8 Å². The Morgan fingerprint density at radius 3 is 2.94 bits per heavy atom. The van der Waals surface area contributed by atoms with Gasteiger partial charge in [-0.2, -0.15) is 0 Å². The van der Waals surface area contributed by atoms with Gasteiger partial charge in [0, 0.05) is 12.6 Å². The zero-order chi connectivity index (χ0) is 13.0. The molecule has 1 aromatic rings. The molecule has 0 bridgehead atoms. The summed E-state index contributed by atoms with van der Waals surface area (Å²) >= 11 is 0. The van der Waals surface area contributed by atoms with Crippen LogP contribution in [0.1, 0.15) is 25.0 Å². The quantitative estimate of drug-likeness (QED) is 0.828. The van der Waals surface area contributed by atoms with Crippen molar-refractivity contribution < 1.29 is 19.1 Å². The Morgan fingerprint density at radius 2 is 2.28 bits per heavy atom. The monoisotopic (exact) mass is 249 g/mol. The average Bonchev–Trinajstić information content (AvgIpc) is 2.89. The van der Waals surface area contributed by atoms with Crippen molar-refractivity contribution in [1.82, 2.24) is 4.90 Å². The molecule has 0 radical (unpaired) electrons. The minimum Gasteiger partial charge on any atom is -0.480 e. The van der Waals surface area contributed by atoms with Gasteiger partial charge in [-0.1, -0.05) is 0 Å². The molecule has 1 N–H and O–H groups in total. The van der Waals surface area contributed by atoms with E-state index >= 15 is 0 Å². The van der Waals surface area contributed by atoms with Crippen molar-refractivity contribution in [3.63, 3.8) is 0 Å².